The molecule has 1 aromatic carbocycles. The number of carboxylic acid groups (broad SMARTS) is 1. The molecule has 15 heavy (non-hydrogen) atoms. The first-order valence-electron chi connectivity index (χ1n) is 3.89. The molecule has 0 atom stereocenters. The van der Waals surface area contributed by atoms with E-state index in [1.54, 1.807) is 0 Å². The number of aromatic carboxylic acids is 1. The minimum atomic E-state index is -1.20. The average molecular weight is 209 g/mol. The van der Waals surface area contributed by atoms with Gasteiger partial charge in [0.1, 0.15) is 5.69 Å². The summed E-state index contributed by atoms with van der Waals surface area (Å²) in [5.74, 6) is -1.93. The lowest BCUT2D eigenvalue weighted by molar-refractivity contribution is 0.0599. The molecule has 0 aliphatic carbocycles. The van der Waals surface area contributed by atoms with Crippen molar-refractivity contribution in [2.24, 2.45) is 5.18 Å². The van der Waals surface area contributed by atoms with Crippen molar-refractivity contribution in [3.8, 4) is 0 Å². The second kappa shape index (κ2) is 4.32. The molecule has 0 aliphatic rings. The van der Waals surface area contributed by atoms with Gasteiger partial charge in [-0.05, 0) is 23.4 Å². The van der Waals surface area contributed by atoms with Gasteiger partial charge >= 0.3 is 11.9 Å². The van der Waals surface area contributed by atoms with E-state index in [-0.39, 0.29) is 16.8 Å². The SMILES string of the molecule is COC(=O)c1ccc(C(=O)O)cc1N=O. The van der Waals surface area contributed by atoms with Crippen molar-refractivity contribution in [2.45, 2.75) is 0 Å². The number of carbonyl (C=O) groups excluding carboxylic acids is 1. The molecular weight excluding hydrogens is 202 g/mol. The van der Waals surface area contributed by atoms with Gasteiger partial charge in [0.15, 0.2) is 0 Å². The molecule has 0 saturated carbocycles. The molecule has 0 aliphatic heterocycles. The molecule has 0 radical (unpaired) electrons. The number of carboxylic acids is 1. The summed E-state index contributed by atoms with van der Waals surface area (Å²) in [5, 5.41) is 11.2. The lowest BCUT2D eigenvalue weighted by atomic mass is 10.1. The Morgan fingerprint density at radius 1 is 1.40 bits per heavy atom. The van der Waals surface area contributed by atoms with Crippen LogP contribution in [0.2, 0.25) is 0 Å². The van der Waals surface area contributed by atoms with Crippen molar-refractivity contribution in [1.29, 1.82) is 0 Å². The number of hydrogen-bond donors (Lipinski definition) is 1. The number of nitroso groups, excluding NO2 is 1. The number of esters is 1. The van der Waals surface area contributed by atoms with Gasteiger partial charge in [-0.15, -0.1) is 4.91 Å². The monoisotopic (exact) mass is 209 g/mol. The van der Waals surface area contributed by atoms with Crippen molar-refractivity contribution >= 4 is 17.6 Å². The van der Waals surface area contributed by atoms with Crippen LogP contribution in [0.1, 0.15) is 20.7 Å². The molecule has 0 heterocycles. The highest BCUT2D eigenvalue weighted by atomic mass is 16.5. The van der Waals surface area contributed by atoms with Gasteiger partial charge in [0.25, 0.3) is 0 Å². The first kappa shape index (κ1) is 10.8. The summed E-state index contributed by atoms with van der Waals surface area (Å²) in [6.07, 6.45) is 0. The Hall–Kier alpha value is -2.24. The molecule has 0 amide bonds. The minimum Gasteiger partial charge on any atom is -0.478 e. The molecule has 0 unspecified atom stereocenters. The van der Waals surface area contributed by atoms with Crippen LogP contribution in [0.4, 0.5) is 5.69 Å². The molecule has 1 N–H and O–H groups in total. The Morgan fingerprint density at radius 2 is 2.07 bits per heavy atom. The zero-order valence-corrected chi connectivity index (χ0v) is 7.76. The minimum absolute atomic E-state index is 0.0579. The van der Waals surface area contributed by atoms with Crippen LogP contribution in [0, 0.1) is 4.91 Å². The second-order valence-electron chi connectivity index (χ2n) is 2.62. The smallest absolute Gasteiger partial charge is 0.340 e. The molecule has 1 rings (SSSR count). The summed E-state index contributed by atoms with van der Waals surface area (Å²) >= 11 is 0. The summed E-state index contributed by atoms with van der Waals surface area (Å²) in [7, 11) is 1.15. The number of nitrogens with zero attached hydrogens (tertiary/aromatic N) is 1. The first-order valence-corrected chi connectivity index (χ1v) is 3.89. The van der Waals surface area contributed by atoms with Crippen molar-refractivity contribution < 1.29 is 19.4 Å². The van der Waals surface area contributed by atoms with Gasteiger partial charge in [-0.25, -0.2) is 9.59 Å². The van der Waals surface area contributed by atoms with Gasteiger partial charge in [0, 0.05) is 0 Å². The maximum Gasteiger partial charge on any atom is 0.340 e. The molecule has 0 fully saturated rings. The third-order valence-corrected chi connectivity index (χ3v) is 1.75. The van der Waals surface area contributed by atoms with Crippen LogP contribution in [0.25, 0.3) is 0 Å². The quantitative estimate of drug-likeness (QED) is 0.602. The number of benzene rings is 1. The first-order chi connectivity index (χ1) is 7.10. The van der Waals surface area contributed by atoms with E-state index in [1.165, 1.54) is 12.1 Å². The topological polar surface area (TPSA) is 93.0 Å². The molecule has 1 aromatic rings. The van der Waals surface area contributed by atoms with Crippen molar-refractivity contribution in [2.75, 3.05) is 7.11 Å². The Labute approximate surface area is 84.5 Å². The highest BCUT2D eigenvalue weighted by molar-refractivity contribution is 5.97. The molecule has 0 saturated heterocycles. The van der Waals surface area contributed by atoms with Gasteiger partial charge in [-0.2, -0.15) is 0 Å². The van der Waals surface area contributed by atoms with E-state index in [1.807, 2.05) is 0 Å². The highest BCUT2D eigenvalue weighted by Gasteiger charge is 2.15. The zero-order chi connectivity index (χ0) is 11.4. The average Bonchev–Trinajstić information content (AvgIpc) is 2.27. The van der Waals surface area contributed by atoms with Gasteiger partial charge in [-0.3, -0.25) is 0 Å². The molecule has 78 valence electrons. The predicted molar refractivity (Wildman–Crippen MR) is 50.2 cm³/mol. The van der Waals surface area contributed by atoms with Crippen LogP contribution in [-0.4, -0.2) is 24.2 Å². The van der Waals surface area contributed by atoms with Gasteiger partial charge in [-0.1, -0.05) is 0 Å². The Morgan fingerprint density at radius 3 is 2.53 bits per heavy atom. The molecule has 0 bridgehead atoms. The van der Waals surface area contributed by atoms with Crippen molar-refractivity contribution in [1.82, 2.24) is 0 Å². The normalized spacial score (nSPS) is 9.40. The van der Waals surface area contributed by atoms with E-state index >= 15 is 0 Å². The summed E-state index contributed by atoms with van der Waals surface area (Å²) in [6.45, 7) is 0. The van der Waals surface area contributed by atoms with Crippen LogP contribution in [0.15, 0.2) is 23.4 Å². The largest absolute Gasteiger partial charge is 0.478 e. The van der Waals surface area contributed by atoms with E-state index in [9.17, 15) is 14.5 Å². The fourth-order valence-corrected chi connectivity index (χ4v) is 1.02. The van der Waals surface area contributed by atoms with Gasteiger partial charge < -0.3 is 9.84 Å². The highest BCUT2D eigenvalue weighted by Crippen LogP contribution is 2.21. The van der Waals surface area contributed by atoms with Gasteiger partial charge in [0.2, 0.25) is 0 Å². The maximum atomic E-state index is 11.1. The van der Waals surface area contributed by atoms with E-state index in [0.29, 0.717) is 0 Å². The molecule has 0 aromatic heterocycles. The van der Waals surface area contributed by atoms with Crippen LogP contribution in [0.3, 0.4) is 0 Å². The Balaban J connectivity index is 3.26. The third kappa shape index (κ3) is 2.16. The number of ether oxygens (including phenoxy) is 1. The molecule has 0 spiro atoms. The van der Waals surface area contributed by atoms with Gasteiger partial charge in [0.05, 0.1) is 18.2 Å². The third-order valence-electron chi connectivity index (χ3n) is 1.75. The fraction of sp³-hybridized carbons (Fsp3) is 0.111. The zero-order valence-electron chi connectivity index (χ0n) is 7.76. The number of methoxy groups -OCH3 is 1. The lowest BCUT2D eigenvalue weighted by Gasteiger charge is -2.02. The number of rotatable bonds is 3. The predicted octanol–water partition coefficient (Wildman–Crippen LogP) is 1.57. The van der Waals surface area contributed by atoms with E-state index in [2.05, 4.69) is 9.91 Å². The Kier molecular flexibility index (Phi) is 3.12. The second-order valence-corrected chi connectivity index (χ2v) is 2.62. The standard InChI is InChI=1S/C9H7NO5/c1-15-9(13)6-3-2-5(8(11)12)4-7(6)10-14/h2-4H,1H3,(H,11,12). The van der Waals surface area contributed by atoms with Crippen LogP contribution in [0.5, 0.6) is 0 Å². The number of hydrogen-bond acceptors (Lipinski definition) is 5. The number of carbonyl (C=O) groups is 2. The fourth-order valence-electron chi connectivity index (χ4n) is 1.02. The summed E-state index contributed by atoms with van der Waals surface area (Å²) in [6, 6.07) is 3.40. The van der Waals surface area contributed by atoms with Crippen molar-refractivity contribution in [3.05, 3.63) is 34.2 Å². The van der Waals surface area contributed by atoms with E-state index in [4.69, 9.17) is 5.11 Å². The Bertz CT molecular complexity index is 427. The molecular formula is C9H7NO5. The molecule has 6 heteroatoms. The summed E-state index contributed by atoms with van der Waals surface area (Å²) in [4.78, 5) is 32.0. The summed E-state index contributed by atoms with van der Waals surface area (Å²) in [5.41, 5.74) is -0.420. The maximum absolute atomic E-state index is 11.1. The van der Waals surface area contributed by atoms with Crippen LogP contribution >= 0.6 is 0 Å². The lowest BCUT2D eigenvalue weighted by Crippen LogP contribution is -2.03. The van der Waals surface area contributed by atoms with E-state index in [0.717, 1.165) is 13.2 Å². The van der Waals surface area contributed by atoms with Crippen LogP contribution in [-0.2, 0) is 4.74 Å². The van der Waals surface area contributed by atoms with Crippen LogP contribution < -0.4 is 0 Å². The van der Waals surface area contributed by atoms with Crippen molar-refractivity contribution in [3.63, 3.8) is 0 Å². The molecule has 6 nitrogen and oxygen atoms in total. The van der Waals surface area contributed by atoms with E-state index < -0.39 is 11.9 Å². The summed E-state index contributed by atoms with van der Waals surface area (Å²) < 4.78 is 4.39.